The van der Waals surface area contributed by atoms with Gasteiger partial charge in [-0.1, -0.05) is 18.6 Å². The summed E-state index contributed by atoms with van der Waals surface area (Å²) < 4.78 is 5.66. The van der Waals surface area contributed by atoms with Crippen molar-refractivity contribution < 1.29 is 4.74 Å². The number of rotatable bonds is 3. The molecule has 0 aromatic heterocycles. The molecular formula is C16H20N2O. The first-order chi connectivity index (χ1) is 9.29. The second kappa shape index (κ2) is 4.86. The zero-order chi connectivity index (χ0) is 13.3. The minimum atomic E-state index is -0.210. The van der Waals surface area contributed by atoms with E-state index < -0.39 is 0 Å². The van der Waals surface area contributed by atoms with Crippen molar-refractivity contribution in [1.82, 2.24) is 5.32 Å². The molecule has 100 valence electrons. The van der Waals surface area contributed by atoms with Gasteiger partial charge in [0.1, 0.15) is 5.75 Å². The van der Waals surface area contributed by atoms with Crippen molar-refractivity contribution in [1.29, 1.82) is 5.26 Å². The summed E-state index contributed by atoms with van der Waals surface area (Å²) in [4.78, 5) is 0. The van der Waals surface area contributed by atoms with Gasteiger partial charge in [0.15, 0.2) is 0 Å². The number of nitriles is 1. The van der Waals surface area contributed by atoms with Crippen LogP contribution in [0.2, 0.25) is 0 Å². The van der Waals surface area contributed by atoms with Gasteiger partial charge in [-0.05, 0) is 49.9 Å². The molecule has 1 fully saturated rings. The number of hydrogen-bond acceptors (Lipinski definition) is 3. The molecule has 1 saturated carbocycles. The number of nitrogens with one attached hydrogen (secondary N) is 1. The maximum atomic E-state index is 9.52. The van der Waals surface area contributed by atoms with Gasteiger partial charge in [-0.2, -0.15) is 5.26 Å². The monoisotopic (exact) mass is 256 g/mol. The molecule has 0 radical (unpaired) electrons. The van der Waals surface area contributed by atoms with Crippen LogP contribution in [0.5, 0.6) is 5.75 Å². The fraction of sp³-hybridized carbons (Fsp3) is 0.562. The van der Waals surface area contributed by atoms with Crippen LogP contribution in [0.25, 0.3) is 0 Å². The highest BCUT2D eigenvalue weighted by Crippen LogP contribution is 2.50. The third kappa shape index (κ3) is 2.01. The highest BCUT2D eigenvalue weighted by Gasteiger charge is 2.44. The lowest BCUT2D eigenvalue weighted by Crippen LogP contribution is -2.40. The molecule has 0 spiro atoms. The summed E-state index contributed by atoms with van der Waals surface area (Å²) in [6.45, 7) is 0.823. The standard InChI is InChI=1S/C16H20N2O/c1-18-15(16(11-17)7-3-8-16)13-5-6-14-12(10-13)4-2-9-19-14/h5-6,10,15,18H,2-4,7-9H2,1H3. The van der Waals surface area contributed by atoms with E-state index in [9.17, 15) is 5.26 Å². The molecule has 3 heteroatoms. The third-order valence-corrected chi connectivity index (χ3v) is 4.58. The summed E-state index contributed by atoms with van der Waals surface area (Å²) in [6, 6.07) is 9.10. The van der Waals surface area contributed by atoms with Crippen LogP contribution >= 0.6 is 0 Å². The smallest absolute Gasteiger partial charge is 0.122 e. The zero-order valence-corrected chi connectivity index (χ0v) is 11.4. The van der Waals surface area contributed by atoms with Crippen molar-refractivity contribution >= 4 is 0 Å². The van der Waals surface area contributed by atoms with Crippen molar-refractivity contribution in [2.24, 2.45) is 5.41 Å². The summed E-state index contributed by atoms with van der Waals surface area (Å²) in [5.74, 6) is 1.02. The molecule has 1 aliphatic carbocycles. The summed E-state index contributed by atoms with van der Waals surface area (Å²) in [5, 5.41) is 12.9. The Balaban J connectivity index is 1.94. The Morgan fingerprint density at radius 2 is 2.21 bits per heavy atom. The van der Waals surface area contributed by atoms with Gasteiger partial charge in [-0.3, -0.25) is 0 Å². The van der Waals surface area contributed by atoms with Gasteiger partial charge in [0.2, 0.25) is 0 Å². The molecule has 1 aliphatic heterocycles. The second-order valence-corrected chi connectivity index (χ2v) is 5.66. The van der Waals surface area contributed by atoms with Crippen LogP contribution in [0, 0.1) is 16.7 Å². The van der Waals surface area contributed by atoms with Gasteiger partial charge in [-0.25, -0.2) is 0 Å². The molecular weight excluding hydrogens is 236 g/mol. The molecule has 1 heterocycles. The molecule has 0 amide bonds. The maximum Gasteiger partial charge on any atom is 0.122 e. The van der Waals surface area contributed by atoms with Crippen molar-refractivity contribution in [2.75, 3.05) is 13.7 Å². The van der Waals surface area contributed by atoms with E-state index in [1.165, 1.54) is 17.5 Å². The highest BCUT2D eigenvalue weighted by atomic mass is 16.5. The van der Waals surface area contributed by atoms with E-state index in [0.717, 1.165) is 38.0 Å². The van der Waals surface area contributed by atoms with E-state index in [-0.39, 0.29) is 11.5 Å². The molecule has 1 atom stereocenters. The largest absolute Gasteiger partial charge is 0.493 e. The number of nitrogens with zero attached hydrogens (tertiary/aromatic N) is 1. The Morgan fingerprint density at radius 1 is 1.37 bits per heavy atom. The molecule has 3 nitrogen and oxygen atoms in total. The van der Waals surface area contributed by atoms with Crippen molar-refractivity contribution in [2.45, 2.75) is 38.1 Å². The first kappa shape index (κ1) is 12.5. The molecule has 0 saturated heterocycles. The average molecular weight is 256 g/mol. The number of ether oxygens (including phenoxy) is 1. The molecule has 1 aromatic rings. The molecule has 0 bridgehead atoms. The molecule has 1 aromatic carbocycles. The molecule has 1 N–H and O–H groups in total. The Labute approximate surface area is 114 Å². The zero-order valence-electron chi connectivity index (χ0n) is 11.4. The summed E-state index contributed by atoms with van der Waals surface area (Å²) in [5.41, 5.74) is 2.31. The number of fused-ring (bicyclic) bond motifs is 1. The fourth-order valence-electron chi connectivity index (χ4n) is 3.34. The molecule has 2 aliphatic rings. The van der Waals surface area contributed by atoms with Crippen molar-refractivity contribution in [3.8, 4) is 11.8 Å². The normalized spacial score (nSPS) is 21.5. The van der Waals surface area contributed by atoms with Gasteiger partial charge in [0, 0.05) is 0 Å². The lowest BCUT2D eigenvalue weighted by molar-refractivity contribution is 0.149. The average Bonchev–Trinajstić information content (AvgIpc) is 2.42. The third-order valence-electron chi connectivity index (χ3n) is 4.58. The van der Waals surface area contributed by atoms with Gasteiger partial charge in [0.05, 0.1) is 24.1 Å². The van der Waals surface area contributed by atoms with E-state index in [4.69, 9.17) is 4.74 Å². The highest BCUT2D eigenvalue weighted by molar-refractivity contribution is 5.41. The summed E-state index contributed by atoms with van der Waals surface area (Å²) in [6.07, 6.45) is 5.34. The Bertz CT molecular complexity index is 514. The van der Waals surface area contributed by atoms with E-state index in [1.54, 1.807) is 0 Å². The second-order valence-electron chi connectivity index (χ2n) is 5.66. The molecule has 1 unspecified atom stereocenters. The van der Waals surface area contributed by atoms with Crippen molar-refractivity contribution in [3.05, 3.63) is 29.3 Å². The number of benzene rings is 1. The summed E-state index contributed by atoms with van der Waals surface area (Å²) in [7, 11) is 1.96. The maximum absolute atomic E-state index is 9.52. The van der Waals surface area contributed by atoms with Crippen LogP contribution in [-0.4, -0.2) is 13.7 Å². The van der Waals surface area contributed by atoms with Crippen LogP contribution in [0.4, 0.5) is 0 Å². The Hall–Kier alpha value is -1.53. The molecule has 3 rings (SSSR count). The van der Waals surface area contributed by atoms with Crippen LogP contribution in [0.3, 0.4) is 0 Å². The summed E-state index contributed by atoms with van der Waals surface area (Å²) >= 11 is 0. The predicted octanol–water partition coefficient (Wildman–Crippen LogP) is 2.97. The lowest BCUT2D eigenvalue weighted by Gasteiger charge is -2.42. The number of aryl methyl sites for hydroxylation is 1. The first-order valence-corrected chi connectivity index (χ1v) is 7.13. The fourth-order valence-corrected chi connectivity index (χ4v) is 3.34. The minimum Gasteiger partial charge on any atom is -0.493 e. The van der Waals surface area contributed by atoms with E-state index in [2.05, 4.69) is 29.6 Å². The van der Waals surface area contributed by atoms with E-state index >= 15 is 0 Å². The Kier molecular flexibility index (Phi) is 3.20. The lowest BCUT2D eigenvalue weighted by atomic mass is 9.63. The van der Waals surface area contributed by atoms with Gasteiger partial charge < -0.3 is 10.1 Å². The minimum absolute atomic E-state index is 0.137. The van der Waals surface area contributed by atoms with E-state index in [1.807, 2.05) is 7.05 Å². The van der Waals surface area contributed by atoms with Crippen LogP contribution in [-0.2, 0) is 6.42 Å². The van der Waals surface area contributed by atoms with Gasteiger partial charge >= 0.3 is 0 Å². The predicted molar refractivity (Wildman–Crippen MR) is 74.0 cm³/mol. The van der Waals surface area contributed by atoms with E-state index in [0.29, 0.717) is 0 Å². The van der Waals surface area contributed by atoms with Crippen LogP contribution in [0.15, 0.2) is 18.2 Å². The SMILES string of the molecule is CNC(c1ccc2c(c1)CCCO2)C1(C#N)CCC1. The quantitative estimate of drug-likeness (QED) is 0.904. The topological polar surface area (TPSA) is 45.0 Å². The van der Waals surface area contributed by atoms with Gasteiger partial charge in [0.25, 0.3) is 0 Å². The van der Waals surface area contributed by atoms with Crippen LogP contribution in [0.1, 0.15) is 42.9 Å². The van der Waals surface area contributed by atoms with Crippen molar-refractivity contribution in [3.63, 3.8) is 0 Å². The first-order valence-electron chi connectivity index (χ1n) is 7.13. The number of hydrogen-bond donors (Lipinski definition) is 1. The van der Waals surface area contributed by atoms with Gasteiger partial charge in [-0.15, -0.1) is 0 Å². The Morgan fingerprint density at radius 3 is 2.84 bits per heavy atom. The molecule has 19 heavy (non-hydrogen) atoms. The van der Waals surface area contributed by atoms with Crippen LogP contribution < -0.4 is 10.1 Å².